The molecule has 0 aromatic heterocycles. The van der Waals surface area contributed by atoms with Gasteiger partial charge in [0.1, 0.15) is 12.4 Å². The van der Waals surface area contributed by atoms with Crippen LogP contribution in [0.5, 0.6) is 17.2 Å². The van der Waals surface area contributed by atoms with Crippen LogP contribution in [-0.2, 0) is 25.9 Å². The highest BCUT2D eigenvalue weighted by atomic mass is 19.2. The van der Waals surface area contributed by atoms with Gasteiger partial charge in [-0.3, -0.25) is 0 Å². The van der Waals surface area contributed by atoms with Crippen molar-refractivity contribution < 1.29 is 27.0 Å². The molecular formula is C26H24F4O2. The van der Waals surface area contributed by atoms with Crippen LogP contribution in [0.15, 0.2) is 36.4 Å². The summed E-state index contributed by atoms with van der Waals surface area (Å²) < 4.78 is 69.3. The van der Waals surface area contributed by atoms with Gasteiger partial charge in [-0.1, -0.05) is 51.0 Å². The average Bonchev–Trinajstić information content (AvgIpc) is 2.78. The van der Waals surface area contributed by atoms with Crippen LogP contribution < -0.4 is 9.47 Å². The largest absolute Gasteiger partial charge is 0.486 e. The predicted octanol–water partition coefficient (Wildman–Crippen LogP) is 7.42. The lowest BCUT2D eigenvalue weighted by Gasteiger charge is -2.23. The van der Waals surface area contributed by atoms with Crippen molar-refractivity contribution in [1.29, 1.82) is 0 Å². The molecule has 1 aliphatic heterocycles. The van der Waals surface area contributed by atoms with Crippen molar-refractivity contribution in [3.8, 4) is 17.2 Å². The van der Waals surface area contributed by atoms with Crippen molar-refractivity contribution in [3.63, 3.8) is 0 Å². The van der Waals surface area contributed by atoms with Crippen LogP contribution in [0.1, 0.15) is 54.5 Å². The number of fused-ring (bicyclic) bond motifs is 2. The number of rotatable bonds is 7. The average molecular weight is 444 g/mol. The van der Waals surface area contributed by atoms with Gasteiger partial charge in [-0.2, -0.15) is 8.78 Å². The third kappa shape index (κ3) is 4.18. The fraction of sp³-hybridized carbons (Fsp3) is 0.308. The quantitative estimate of drug-likeness (QED) is 0.276. The standard InChI is InChI=1S/C26H24F4O2/c1-3-5-16-8-7-15(11-20(16)27)14-31-21-13-19-12-18-10-9-17(6-4-2)22(28)25(18)32-26(19)24(30)23(21)29/h7-11,13H,3-6,12,14H2,1-2H3. The summed E-state index contributed by atoms with van der Waals surface area (Å²) in [5.74, 6) is -4.02. The zero-order chi connectivity index (χ0) is 22.8. The summed E-state index contributed by atoms with van der Waals surface area (Å²) in [6, 6.07) is 9.52. The molecular weight excluding hydrogens is 420 g/mol. The maximum Gasteiger partial charge on any atom is 0.205 e. The smallest absolute Gasteiger partial charge is 0.205 e. The van der Waals surface area contributed by atoms with Crippen LogP contribution in [0.25, 0.3) is 0 Å². The molecule has 0 bridgehead atoms. The molecule has 1 heterocycles. The Morgan fingerprint density at radius 3 is 2.19 bits per heavy atom. The van der Waals surface area contributed by atoms with E-state index in [-0.39, 0.29) is 36.1 Å². The van der Waals surface area contributed by atoms with E-state index in [4.69, 9.17) is 9.47 Å². The van der Waals surface area contributed by atoms with E-state index in [1.165, 1.54) is 12.1 Å². The molecule has 0 N–H and O–H groups in total. The van der Waals surface area contributed by atoms with Crippen LogP contribution in [0.4, 0.5) is 17.6 Å². The number of ether oxygens (including phenoxy) is 2. The van der Waals surface area contributed by atoms with Crippen molar-refractivity contribution in [2.45, 2.75) is 52.6 Å². The monoisotopic (exact) mass is 444 g/mol. The Labute approximate surface area is 184 Å². The Morgan fingerprint density at radius 1 is 0.781 bits per heavy atom. The first kappa shape index (κ1) is 22.2. The minimum atomic E-state index is -1.23. The van der Waals surface area contributed by atoms with E-state index in [1.807, 2.05) is 13.8 Å². The third-order valence-electron chi connectivity index (χ3n) is 5.60. The molecule has 0 aliphatic carbocycles. The van der Waals surface area contributed by atoms with E-state index in [0.717, 1.165) is 12.8 Å². The molecule has 3 aromatic carbocycles. The van der Waals surface area contributed by atoms with Crippen LogP contribution in [0, 0.1) is 23.3 Å². The molecule has 4 rings (SSSR count). The molecule has 0 saturated carbocycles. The second-order valence-electron chi connectivity index (χ2n) is 8.01. The lowest BCUT2D eigenvalue weighted by molar-refractivity contribution is 0.279. The van der Waals surface area contributed by atoms with Crippen LogP contribution >= 0.6 is 0 Å². The molecule has 168 valence electrons. The van der Waals surface area contributed by atoms with Gasteiger partial charge in [-0.05, 0) is 41.7 Å². The molecule has 0 saturated heterocycles. The number of hydrogen-bond acceptors (Lipinski definition) is 2. The fourth-order valence-corrected chi connectivity index (χ4v) is 3.95. The molecule has 0 atom stereocenters. The van der Waals surface area contributed by atoms with E-state index >= 15 is 0 Å². The van der Waals surface area contributed by atoms with E-state index in [2.05, 4.69) is 0 Å². The highest BCUT2D eigenvalue weighted by molar-refractivity contribution is 5.54. The zero-order valence-electron chi connectivity index (χ0n) is 18.0. The summed E-state index contributed by atoms with van der Waals surface area (Å²) in [5, 5.41) is 0. The molecule has 1 aliphatic rings. The minimum absolute atomic E-state index is 0.0573. The minimum Gasteiger partial charge on any atom is -0.486 e. The maximum atomic E-state index is 14.8. The molecule has 2 nitrogen and oxygen atoms in total. The number of hydrogen-bond donors (Lipinski definition) is 0. The molecule has 0 fully saturated rings. The summed E-state index contributed by atoms with van der Waals surface area (Å²) in [5.41, 5.74) is 2.51. The van der Waals surface area contributed by atoms with Gasteiger partial charge in [0.2, 0.25) is 11.6 Å². The Morgan fingerprint density at radius 2 is 1.47 bits per heavy atom. The second kappa shape index (κ2) is 9.23. The van der Waals surface area contributed by atoms with Crippen molar-refractivity contribution in [2.75, 3.05) is 0 Å². The first-order valence-corrected chi connectivity index (χ1v) is 10.8. The summed E-state index contributed by atoms with van der Waals surface area (Å²) in [6.45, 7) is 3.77. The van der Waals surface area contributed by atoms with E-state index < -0.39 is 17.5 Å². The van der Waals surface area contributed by atoms with Crippen LogP contribution in [0.2, 0.25) is 0 Å². The summed E-state index contributed by atoms with van der Waals surface area (Å²) in [4.78, 5) is 0. The molecule has 32 heavy (non-hydrogen) atoms. The Balaban J connectivity index is 1.58. The van der Waals surface area contributed by atoms with Crippen molar-refractivity contribution in [2.24, 2.45) is 0 Å². The SMILES string of the molecule is CCCc1ccc(COc2cc3c(c(F)c2F)Oc2c(ccc(CCC)c2F)C3)cc1F. The Kier molecular flexibility index (Phi) is 6.40. The van der Waals surface area contributed by atoms with Crippen LogP contribution in [0.3, 0.4) is 0 Å². The van der Waals surface area contributed by atoms with Gasteiger partial charge in [0.05, 0.1) is 0 Å². The second-order valence-corrected chi connectivity index (χ2v) is 8.01. The lowest BCUT2D eigenvalue weighted by Crippen LogP contribution is -2.10. The Bertz CT molecular complexity index is 1160. The van der Waals surface area contributed by atoms with Crippen molar-refractivity contribution in [1.82, 2.24) is 0 Å². The first-order valence-electron chi connectivity index (χ1n) is 10.8. The predicted molar refractivity (Wildman–Crippen MR) is 114 cm³/mol. The molecule has 0 radical (unpaired) electrons. The third-order valence-corrected chi connectivity index (χ3v) is 5.60. The van der Waals surface area contributed by atoms with Crippen LogP contribution in [-0.4, -0.2) is 0 Å². The van der Waals surface area contributed by atoms with Crippen molar-refractivity contribution in [3.05, 3.63) is 87.5 Å². The van der Waals surface area contributed by atoms with Gasteiger partial charge in [0.25, 0.3) is 0 Å². The first-order chi connectivity index (χ1) is 15.4. The summed E-state index contributed by atoms with van der Waals surface area (Å²) >= 11 is 0. The maximum absolute atomic E-state index is 14.8. The van der Waals surface area contributed by atoms with E-state index in [9.17, 15) is 17.6 Å². The highest BCUT2D eigenvalue weighted by Gasteiger charge is 2.28. The summed E-state index contributed by atoms with van der Waals surface area (Å²) in [7, 11) is 0. The molecule has 6 heteroatoms. The van der Waals surface area contributed by atoms with E-state index in [0.29, 0.717) is 40.7 Å². The number of halogens is 4. The van der Waals surface area contributed by atoms with Gasteiger partial charge in [-0.25, -0.2) is 8.78 Å². The molecule has 0 spiro atoms. The highest BCUT2D eigenvalue weighted by Crippen LogP contribution is 2.43. The normalized spacial score (nSPS) is 12.2. The lowest BCUT2D eigenvalue weighted by atomic mass is 9.97. The van der Waals surface area contributed by atoms with Crippen molar-refractivity contribution >= 4 is 0 Å². The Hall–Kier alpha value is -3.02. The summed E-state index contributed by atoms with van der Waals surface area (Å²) in [6.07, 6.45) is 2.91. The molecule has 0 amide bonds. The fourth-order valence-electron chi connectivity index (χ4n) is 3.95. The number of aryl methyl sites for hydroxylation is 2. The van der Waals surface area contributed by atoms with E-state index in [1.54, 1.807) is 24.3 Å². The van der Waals surface area contributed by atoms with Gasteiger partial charge in [-0.15, -0.1) is 0 Å². The van der Waals surface area contributed by atoms with Gasteiger partial charge in [0, 0.05) is 17.5 Å². The molecule has 0 unspecified atom stereocenters. The van der Waals surface area contributed by atoms with Gasteiger partial charge >= 0.3 is 0 Å². The zero-order valence-corrected chi connectivity index (χ0v) is 18.0. The number of benzene rings is 3. The molecule has 3 aromatic rings. The van der Waals surface area contributed by atoms with Gasteiger partial charge in [0.15, 0.2) is 23.1 Å². The van der Waals surface area contributed by atoms with Gasteiger partial charge < -0.3 is 9.47 Å². The topological polar surface area (TPSA) is 18.5 Å².